The molecule has 0 aliphatic carbocycles. The van der Waals surface area contributed by atoms with Gasteiger partial charge >= 0.3 is 6.03 Å². The second kappa shape index (κ2) is 10.7. The first-order valence-corrected chi connectivity index (χ1v) is 10.9. The molecule has 0 spiro atoms. The lowest BCUT2D eigenvalue weighted by Gasteiger charge is -2.43. The maximum atomic E-state index is 13.0. The second-order valence-electron chi connectivity index (χ2n) is 8.33. The summed E-state index contributed by atoms with van der Waals surface area (Å²) >= 11 is 0. The lowest BCUT2D eigenvalue weighted by Crippen LogP contribution is -2.59. The Hall–Kier alpha value is -3.73. The lowest BCUT2D eigenvalue weighted by atomic mass is 9.99. The predicted molar refractivity (Wildman–Crippen MR) is 125 cm³/mol. The molecule has 0 bridgehead atoms. The van der Waals surface area contributed by atoms with E-state index in [4.69, 9.17) is 14.7 Å². The Morgan fingerprint density at radius 1 is 1.09 bits per heavy atom. The van der Waals surface area contributed by atoms with Gasteiger partial charge in [0.25, 0.3) is 0 Å². The summed E-state index contributed by atoms with van der Waals surface area (Å²) in [4.78, 5) is 29.6. The number of benzene rings is 2. The van der Waals surface area contributed by atoms with E-state index in [-0.39, 0.29) is 30.3 Å². The largest absolute Gasteiger partial charge is 0.493 e. The number of methoxy groups -OCH3 is 2. The highest BCUT2D eigenvalue weighted by Crippen LogP contribution is 2.28. The molecule has 3 amide bonds. The summed E-state index contributed by atoms with van der Waals surface area (Å²) in [6.45, 7) is 5.49. The van der Waals surface area contributed by atoms with E-state index < -0.39 is 0 Å². The molecule has 0 radical (unpaired) electrons. The fourth-order valence-corrected chi connectivity index (χ4v) is 3.96. The minimum atomic E-state index is -0.203. The fourth-order valence-electron chi connectivity index (χ4n) is 3.96. The van der Waals surface area contributed by atoms with Crippen LogP contribution in [0.25, 0.3) is 0 Å². The maximum absolute atomic E-state index is 13.0. The van der Waals surface area contributed by atoms with Crippen molar-refractivity contribution in [3.8, 4) is 17.6 Å². The molecule has 1 N–H and O–H groups in total. The van der Waals surface area contributed by atoms with E-state index in [9.17, 15) is 9.59 Å². The van der Waals surface area contributed by atoms with Gasteiger partial charge in [-0.15, -0.1) is 0 Å². The standard InChI is InChI=1S/C25H30N4O4/c1-17(2)21-16-28(24(30)14-19-7-10-22(32-3)23(13-19)33-4)11-12-29(21)25(31)27-20-8-5-18(15-26)6-9-20/h5-10,13,17,21H,11-12,14,16H2,1-4H3,(H,27,31). The summed E-state index contributed by atoms with van der Waals surface area (Å²) in [6, 6.07) is 14.0. The van der Waals surface area contributed by atoms with Crippen molar-refractivity contribution in [2.24, 2.45) is 5.92 Å². The van der Waals surface area contributed by atoms with Gasteiger partial charge in [-0.05, 0) is 47.9 Å². The van der Waals surface area contributed by atoms with Gasteiger partial charge in [-0.2, -0.15) is 5.26 Å². The van der Waals surface area contributed by atoms with Gasteiger partial charge in [0.1, 0.15) is 0 Å². The summed E-state index contributed by atoms with van der Waals surface area (Å²) in [5, 5.41) is 11.8. The van der Waals surface area contributed by atoms with Gasteiger partial charge in [0, 0.05) is 25.3 Å². The molecule has 8 heteroatoms. The lowest BCUT2D eigenvalue weighted by molar-refractivity contribution is -0.133. The van der Waals surface area contributed by atoms with E-state index in [0.717, 1.165) is 5.56 Å². The Morgan fingerprint density at radius 2 is 1.79 bits per heavy atom. The molecule has 1 unspecified atom stereocenters. The van der Waals surface area contributed by atoms with Crippen molar-refractivity contribution in [3.63, 3.8) is 0 Å². The van der Waals surface area contributed by atoms with Crippen LogP contribution in [0.1, 0.15) is 25.0 Å². The van der Waals surface area contributed by atoms with Crippen molar-refractivity contribution >= 4 is 17.6 Å². The Kier molecular flexibility index (Phi) is 7.78. The summed E-state index contributed by atoms with van der Waals surface area (Å²) in [7, 11) is 3.14. The molecule has 2 aromatic carbocycles. The van der Waals surface area contributed by atoms with E-state index in [0.29, 0.717) is 42.4 Å². The SMILES string of the molecule is COc1ccc(CC(=O)N2CCN(C(=O)Nc3ccc(C#N)cc3)C(C(C)C)C2)cc1OC. The zero-order chi connectivity index (χ0) is 24.0. The van der Waals surface area contributed by atoms with Gasteiger partial charge in [0.05, 0.1) is 38.3 Å². The highest BCUT2D eigenvalue weighted by molar-refractivity contribution is 5.90. The molecule has 8 nitrogen and oxygen atoms in total. The highest BCUT2D eigenvalue weighted by atomic mass is 16.5. The number of nitrogens with zero attached hydrogens (tertiary/aromatic N) is 3. The van der Waals surface area contributed by atoms with Crippen LogP contribution >= 0.6 is 0 Å². The normalized spacial score (nSPS) is 15.7. The molecule has 33 heavy (non-hydrogen) atoms. The number of carbonyl (C=O) groups is 2. The summed E-state index contributed by atoms with van der Waals surface area (Å²) in [5.41, 5.74) is 2.02. The third-order valence-electron chi connectivity index (χ3n) is 5.87. The van der Waals surface area contributed by atoms with Crippen molar-refractivity contribution in [2.75, 3.05) is 39.2 Å². The van der Waals surface area contributed by atoms with Crippen LogP contribution in [0, 0.1) is 17.2 Å². The van der Waals surface area contributed by atoms with Crippen LogP contribution in [0.15, 0.2) is 42.5 Å². The van der Waals surface area contributed by atoms with Crippen molar-refractivity contribution in [3.05, 3.63) is 53.6 Å². The Balaban J connectivity index is 1.65. The van der Waals surface area contributed by atoms with Crippen LogP contribution in [-0.2, 0) is 11.2 Å². The average molecular weight is 451 g/mol. The molecule has 0 saturated carbocycles. The fraction of sp³-hybridized carbons (Fsp3) is 0.400. The van der Waals surface area contributed by atoms with E-state index >= 15 is 0 Å². The maximum Gasteiger partial charge on any atom is 0.322 e. The monoisotopic (exact) mass is 450 g/mol. The average Bonchev–Trinajstić information content (AvgIpc) is 2.83. The summed E-state index contributed by atoms with van der Waals surface area (Å²) in [5.74, 6) is 1.40. The van der Waals surface area contributed by atoms with Crippen molar-refractivity contribution in [1.29, 1.82) is 5.26 Å². The second-order valence-corrected chi connectivity index (χ2v) is 8.33. The van der Waals surface area contributed by atoms with Gasteiger partial charge in [-0.1, -0.05) is 19.9 Å². The van der Waals surface area contributed by atoms with Crippen LogP contribution < -0.4 is 14.8 Å². The van der Waals surface area contributed by atoms with Crippen LogP contribution in [0.2, 0.25) is 0 Å². The van der Waals surface area contributed by atoms with Crippen molar-refractivity contribution in [1.82, 2.24) is 9.80 Å². The predicted octanol–water partition coefficient (Wildman–Crippen LogP) is 3.52. The first kappa shape index (κ1) is 23.9. The van der Waals surface area contributed by atoms with Gasteiger partial charge in [-0.25, -0.2) is 4.79 Å². The molecular weight excluding hydrogens is 420 g/mol. The molecule has 0 aromatic heterocycles. The number of anilines is 1. The smallest absolute Gasteiger partial charge is 0.322 e. The molecule has 1 fully saturated rings. The number of ether oxygens (including phenoxy) is 2. The number of rotatable bonds is 6. The molecule has 1 saturated heterocycles. The minimum absolute atomic E-state index is 0.0139. The number of amides is 3. The summed E-state index contributed by atoms with van der Waals surface area (Å²) < 4.78 is 10.6. The molecule has 1 atom stereocenters. The number of urea groups is 1. The van der Waals surface area contributed by atoms with Crippen LogP contribution in [0.5, 0.6) is 11.5 Å². The molecule has 2 aromatic rings. The highest BCUT2D eigenvalue weighted by Gasteiger charge is 2.34. The minimum Gasteiger partial charge on any atom is -0.493 e. The molecule has 1 heterocycles. The summed E-state index contributed by atoms with van der Waals surface area (Å²) in [6.07, 6.45) is 0.253. The van der Waals surface area contributed by atoms with Crippen molar-refractivity contribution < 1.29 is 19.1 Å². The molecule has 3 rings (SSSR count). The van der Waals surface area contributed by atoms with Crippen molar-refractivity contribution in [2.45, 2.75) is 26.3 Å². The number of carbonyl (C=O) groups excluding carboxylic acids is 2. The van der Waals surface area contributed by atoms with Crippen LogP contribution in [0.4, 0.5) is 10.5 Å². The molecule has 1 aliphatic rings. The zero-order valence-corrected chi connectivity index (χ0v) is 19.5. The van der Waals surface area contributed by atoms with Gasteiger partial charge < -0.3 is 24.6 Å². The number of nitriles is 1. The van der Waals surface area contributed by atoms with Gasteiger partial charge in [0.2, 0.25) is 5.91 Å². The first-order chi connectivity index (χ1) is 15.9. The van der Waals surface area contributed by atoms with E-state index in [1.54, 1.807) is 49.5 Å². The van der Waals surface area contributed by atoms with Crippen LogP contribution in [-0.4, -0.2) is 61.6 Å². The number of hydrogen-bond acceptors (Lipinski definition) is 5. The first-order valence-electron chi connectivity index (χ1n) is 10.9. The zero-order valence-electron chi connectivity index (χ0n) is 19.5. The van der Waals surface area contributed by atoms with Gasteiger partial charge in [-0.3, -0.25) is 4.79 Å². The van der Waals surface area contributed by atoms with Gasteiger partial charge in [0.15, 0.2) is 11.5 Å². The quantitative estimate of drug-likeness (QED) is 0.727. The number of piperazine rings is 1. The number of hydrogen-bond donors (Lipinski definition) is 1. The van der Waals surface area contributed by atoms with E-state index in [1.807, 2.05) is 17.0 Å². The Morgan fingerprint density at radius 3 is 2.39 bits per heavy atom. The molecule has 174 valence electrons. The third kappa shape index (κ3) is 5.75. The van der Waals surface area contributed by atoms with Crippen LogP contribution in [0.3, 0.4) is 0 Å². The Bertz CT molecular complexity index is 1030. The van der Waals surface area contributed by atoms with E-state index in [2.05, 4.69) is 25.2 Å². The molecule has 1 aliphatic heterocycles. The third-order valence-corrected chi connectivity index (χ3v) is 5.87. The topological polar surface area (TPSA) is 94.9 Å². The number of nitrogens with one attached hydrogen (secondary N) is 1. The van der Waals surface area contributed by atoms with E-state index in [1.165, 1.54) is 0 Å². The Labute approximate surface area is 194 Å². The molecular formula is C25H30N4O4.